The highest BCUT2D eigenvalue weighted by Gasteiger charge is 1.95. The number of benzene rings is 1. The molecular weight excluding hydrogens is 162 g/mol. The van der Waals surface area contributed by atoms with Crippen LogP contribution in [0.3, 0.4) is 0 Å². The van der Waals surface area contributed by atoms with Gasteiger partial charge in [-0.25, -0.2) is 0 Å². The Labute approximate surface area is 70.1 Å². The van der Waals surface area contributed by atoms with Crippen LogP contribution < -0.4 is 0 Å². The second kappa shape index (κ2) is 3.39. The van der Waals surface area contributed by atoms with Crippen LogP contribution in [-0.2, 0) is 0 Å². The Balaban J connectivity index is 3.12. The molecule has 11 heavy (non-hydrogen) atoms. The summed E-state index contributed by atoms with van der Waals surface area (Å²) in [4.78, 5) is 0. The maximum absolute atomic E-state index is 8.26. The number of hydrogen-bond donors (Lipinski definition) is 1. The fourth-order valence-electron chi connectivity index (χ4n) is 0.813. The average molecular weight is 170 g/mol. The van der Waals surface area contributed by atoms with E-state index in [-0.39, 0.29) is 0 Å². The normalized spacial score (nSPS) is 10.7. The molecular formula is C8H8ClNO. The van der Waals surface area contributed by atoms with E-state index in [1.807, 2.05) is 13.0 Å². The van der Waals surface area contributed by atoms with E-state index in [0.717, 1.165) is 11.1 Å². The molecule has 2 nitrogen and oxygen atoms in total. The minimum absolute atomic E-state index is 0.644. The third-order valence-electron chi connectivity index (χ3n) is 1.44. The molecule has 0 spiro atoms. The largest absolute Gasteiger partial charge is 0.411 e. The molecule has 0 heterocycles. The van der Waals surface area contributed by atoms with Gasteiger partial charge in [0, 0.05) is 10.6 Å². The van der Waals surface area contributed by atoms with Crippen molar-refractivity contribution in [3.8, 4) is 0 Å². The Bertz CT molecular complexity index is 283. The van der Waals surface area contributed by atoms with Gasteiger partial charge in [0.2, 0.25) is 0 Å². The molecule has 1 aromatic rings. The highest BCUT2D eigenvalue weighted by atomic mass is 35.5. The Morgan fingerprint density at radius 1 is 1.55 bits per heavy atom. The predicted octanol–water partition coefficient (Wildman–Crippen LogP) is 2.46. The summed E-state index contributed by atoms with van der Waals surface area (Å²) in [5.41, 5.74) is 1.87. The van der Waals surface area contributed by atoms with E-state index in [2.05, 4.69) is 5.16 Å². The lowest BCUT2D eigenvalue weighted by molar-refractivity contribution is 0.322. The van der Waals surface area contributed by atoms with E-state index in [0.29, 0.717) is 5.02 Å². The molecule has 0 amide bonds. The summed E-state index contributed by atoms with van der Waals surface area (Å²) in [6.45, 7) is 1.92. The summed E-state index contributed by atoms with van der Waals surface area (Å²) in [5, 5.41) is 11.8. The minimum atomic E-state index is 0.644. The van der Waals surface area contributed by atoms with Crippen LogP contribution in [0.2, 0.25) is 5.02 Å². The number of aryl methyl sites for hydroxylation is 1. The van der Waals surface area contributed by atoms with Crippen molar-refractivity contribution in [3.63, 3.8) is 0 Å². The van der Waals surface area contributed by atoms with Crippen LogP contribution in [0.25, 0.3) is 0 Å². The van der Waals surface area contributed by atoms with Crippen LogP contribution in [0.1, 0.15) is 11.1 Å². The van der Waals surface area contributed by atoms with Gasteiger partial charge in [-0.05, 0) is 24.6 Å². The summed E-state index contributed by atoms with van der Waals surface area (Å²) >= 11 is 5.71. The zero-order valence-electron chi connectivity index (χ0n) is 6.08. The van der Waals surface area contributed by atoms with E-state index >= 15 is 0 Å². The van der Waals surface area contributed by atoms with E-state index in [1.165, 1.54) is 6.21 Å². The summed E-state index contributed by atoms with van der Waals surface area (Å²) < 4.78 is 0. The quantitative estimate of drug-likeness (QED) is 0.391. The predicted molar refractivity (Wildman–Crippen MR) is 45.6 cm³/mol. The highest BCUT2D eigenvalue weighted by molar-refractivity contribution is 6.30. The van der Waals surface area contributed by atoms with Crippen LogP contribution in [-0.4, -0.2) is 11.4 Å². The van der Waals surface area contributed by atoms with Crippen molar-refractivity contribution in [1.29, 1.82) is 0 Å². The van der Waals surface area contributed by atoms with Gasteiger partial charge < -0.3 is 5.21 Å². The molecule has 0 bridgehead atoms. The Hall–Kier alpha value is -1.02. The van der Waals surface area contributed by atoms with Crippen LogP contribution in [0.4, 0.5) is 0 Å². The highest BCUT2D eigenvalue weighted by Crippen LogP contribution is 2.13. The van der Waals surface area contributed by atoms with E-state index in [9.17, 15) is 0 Å². The first kappa shape index (κ1) is 8.08. The van der Waals surface area contributed by atoms with Gasteiger partial charge in [0.15, 0.2) is 0 Å². The van der Waals surface area contributed by atoms with Gasteiger partial charge in [0.25, 0.3) is 0 Å². The zero-order chi connectivity index (χ0) is 8.27. The van der Waals surface area contributed by atoms with Gasteiger partial charge in [-0.3, -0.25) is 0 Å². The van der Waals surface area contributed by atoms with E-state index in [4.69, 9.17) is 16.8 Å². The minimum Gasteiger partial charge on any atom is -0.411 e. The Kier molecular flexibility index (Phi) is 2.49. The molecule has 0 aliphatic carbocycles. The molecule has 0 aliphatic heterocycles. The standard InChI is InChI=1S/C8H8ClNO/c1-6-2-3-8(9)4-7(6)5-10-11/h2-5,11H,1H3. The van der Waals surface area contributed by atoms with E-state index in [1.54, 1.807) is 12.1 Å². The molecule has 0 radical (unpaired) electrons. The van der Waals surface area contributed by atoms with Crippen LogP contribution in [0.15, 0.2) is 23.4 Å². The number of rotatable bonds is 1. The molecule has 1 aromatic carbocycles. The first-order valence-electron chi connectivity index (χ1n) is 3.17. The van der Waals surface area contributed by atoms with Crippen molar-refractivity contribution in [1.82, 2.24) is 0 Å². The smallest absolute Gasteiger partial charge is 0.0737 e. The lowest BCUT2D eigenvalue weighted by Crippen LogP contribution is -1.85. The number of halogens is 1. The first-order chi connectivity index (χ1) is 5.24. The molecule has 0 fully saturated rings. The van der Waals surface area contributed by atoms with Crippen LogP contribution in [0, 0.1) is 6.92 Å². The summed E-state index contributed by atoms with van der Waals surface area (Å²) in [6.07, 6.45) is 1.36. The monoisotopic (exact) mass is 169 g/mol. The summed E-state index contributed by atoms with van der Waals surface area (Å²) in [6, 6.07) is 5.42. The van der Waals surface area contributed by atoms with Gasteiger partial charge in [-0.2, -0.15) is 0 Å². The maximum atomic E-state index is 8.26. The lowest BCUT2D eigenvalue weighted by atomic mass is 10.1. The Morgan fingerprint density at radius 3 is 2.91 bits per heavy atom. The Morgan fingerprint density at radius 2 is 2.27 bits per heavy atom. The van der Waals surface area contributed by atoms with Crippen molar-refractivity contribution in [2.45, 2.75) is 6.92 Å². The fraction of sp³-hybridized carbons (Fsp3) is 0.125. The van der Waals surface area contributed by atoms with Crippen LogP contribution >= 0.6 is 11.6 Å². The number of oxime groups is 1. The fourth-order valence-corrected chi connectivity index (χ4v) is 0.993. The molecule has 1 N–H and O–H groups in total. The van der Waals surface area contributed by atoms with Gasteiger partial charge in [0.1, 0.15) is 0 Å². The number of nitrogens with zero attached hydrogens (tertiary/aromatic N) is 1. The van der Waals surface area contributed by atoms with Crippen molar-refractivity contribution in [2.24, 2.45) is 5.16 Å². The van der Waals surface area contributed by atoms with Gasteiger partial charge in [-0.1, -0.05) is 22.8 Å². The molecule has 0 atom stereocenters. The second-order valence-electron chi connectivity index (χ2n) is 2.25. The maximum Gasteiger partial charge on any atom is 0.0737 e. The molecule has 1 rings (SSSR count). The third-order valence-corrected chi connectivity index (χ3v) is 1.67. The van der Waals surface area contributed by atoms with Crippen molar-refractivity contribution >= 4 is 17.8 Å². The van der Waals surface area contributed by atoms with Crippen LogP contribution in [0.5, 0.6) is 0 Å². The van der Waals surface area contributed by atoms with Crippen molar-refractivity contribution in [3.05, 3.63) is 34.3 Å². The molecule has 3 heteroatoms. The summed E-state index contributed by atoms with van der Waals surface area (Å²) in [7, 11) is 0. The molecule has 0 aromatic heterocycles. The van der Waals surface area contributed by atoms with Gasteiger partial charge in [-0.15, -0.1) is 0 Å². The third kappa shape index (κ3) is 1.95. The molecule has 0 aliphatic rings. The zero-order valence-corrected chi connectivity index (χ0v) is 6.84. The first-order valence-corrected chi connectivity index (χ1v) is 3.55. The topological polar surface area (TPSA) is 32.6 Å². The molecule has 0 saturated carbocycles. The average Bonchev–Trinajstić information content (AvgIpc) is 1.98. The number of hydrogen-bond acceptors (Lipinski definition) is 2. The second-order valence-corrected chi connectivity index (χ2v) is 2.68. The summed E-state index contributed by atoms with van der Waals surface area (Å²) in [5.74, 6) is 0. The lowest BCUT2D eigenvalue weighted by Gasteiger charge is -1.97. The van der Waals surface area contributed by atoms with E-state index < -0.39 is 0 Å². The molecule has 0 saturated heterocycles. The SMILES string of the molecule is Cc1ccc(Cl)cc1C=NO. The van der Waals surface area contributed by atoms with Gasteiger partial charge >= 0.3 is 0 Å². The molecule has 0 unspecified atom stereocenters. The molecule has 58 valence electrons. The van der Waals surface area contributed by atoms with Gasteiger partial charge in [0.05, 0.1) is 6.21 Å². The van der Waals surface area contributed by atoms with Crippen molar-refractivity contribution < 1.29 is 5.21 Å². The van der Waals surface area contributed by atoms with Crippen molar-refractivity contribution in [2.75, 3.05) is 0 Å².